The monoisotopic (exact) mass is 291 g/mol. The first-order valence-electron chi connectivity index (χ1n) is 5.96. The van der Waals surface area contributed by atoms with Crippen LogP contribution < -0.4 is 16.6 Å². The molecule has 1 aromatic carbocycles. The molecule has 1 aromatic heterocycles. The van der Waals surface area contributed by atoms with E-state index in [-0.39, 0.29) is 23.5 Å². The van der Waals surface area contributed by atoms with Crippen LogP contribution >= 0.6 is 0 Å². The zero-order chi connectivity index (χ0) is 15.4. The van der Waals surface area contributed by atoms with E-state index in [4.69, 9.17) is 10.3 Å². The summed E-state index contributed by atoms with van der Waals surface area (Å²) in [4.78, 5) is 26.2. The van der Waals surface area contributed by atoms with Crippen molar-refractivity contribution < 1.29 is 14.1 Å². The first-order chi connectivity index (χ1) is 10.0. The number of nitrogens with two attached hydrogens (primary N) is 1. The number of nitro groups is 1. The third kappa shape index (κ3) is 3.34. The van der Waals surface area contributed by atoms with Crippen molar-refractivity contribution >= 4 is 17.3 Å². The number of nitrogens with zero attached hydrogens (tertiary/aromatic N) is 2. The Morgan fingerprint density at radius 3 is 2.86 bits per heavy atom. The molecule has 0 saturated heterocycles. The largest absolute Gasteiger partial charge is 0.444 e. The standard InChI is InChI=1S/C12H13N5O4/c1-7-5-14-11(21-7)6-15-12(18)9-4-8(17(19)20)2-3-10(9)16-13/h2-5,16H,6,13H2,1H3,(H,15,18). The summed E-state index contributed by atoms with van der Waals surface area (Å²) < 4.78 is 5.21. The number of amides is 1. The molecular weight excluding hydrogens is 278 g/mol. The molecular formula is C12H13N5O4. The van der Waals surface area contributed by atoms with E-state index >= 15 is 0 Å². The summed E-state index contributed by atoms with van der Waals surface area (Å²) in [5.74, 6) is 5.73. The van der Waals surface area contributed by atoms with E-state index in [1.54, 1.807) is 6.92 Å². The summed E-state index contributed by atoms with van der Waals surface area (Å²) in [7, 11) is 0. The average molecular weight is 291 g/mol. The molecule has 0 unspecified atom stereocenters. The van der Waals surface area contributed by atoms with Crippen LogP contribution in [0.5, 0.6) is 0 Å². The molecule has 0 atom stereocenters. The summed E-state index contributed by atoms with van der Waals surface area (Å²) in [6, 6.07) is 3.76. The first kappa shape index (κ1) is 14.5. The van der Waals surface area contributed by atoms with E-state index in [1.807, 2.05) is 0 Å². The fraction of sp³-hybridized carbons (Fsp3) is 0.167. The second-order valence-corrected chi connectivity index (χ2v) is 4.18. The van der Waals surface area contributed by atoms with Crippen LogP contribution in [0.3, 0.4) is 0 Å². The van der Waals surface area contributed by atoms with E-state index in [1.165, 1.54) is 18.3 Å². The SMILES string of the molecule is Cc1cnc(CNC(=O)c2cc([N+](=O)[O-])ccc2NN)o1. The third-order valence-electron chi connectivity index (χ3n) is 2.68. The van der Waals surface area contributed by atoms with Crippen LogP contribution in [-0.2, 0) is 6.54 Å². The summed E-state index contributed by atoms with van der Waals surface area (Å²) in [6.07, 6.45) is 1.53. The molecule has 0 aliphatic heterocycles. The number of hydrogen-bond acceptors (Lipinski definition) is 7. The smallest absolute Gasteiger partial charge is 0.270 e. The number of carbonyl (C=O) groups excluding carboxylic acids is 1. The molecule has 21 heavy (non-hydrogen) atoms. The van der Waals surface area contributed by atoms with Gasteiger partial charge in [0.05, 0.1) is 28.9 Å². The number of nitrogens with one attached hydrogen (secondary N) is 2. The van der Waals surface area contributed by atoms with Gasteiger partial charge in [-0.3, -0.25) is 20.8 Å². The Bertz CT molecular complexity index is 682. The molecule has 1 amide bonds. The summed E-state index contributed by atoms with van der Waals surface area (Å²) in [5, 5.41) is 13.3. The van der Waals surface area contributed by atoms with Gasteiger partial charge in [-0.25, -0.2) is 4.98 Å². The van der Waals surface area contributed by atoms with Crippen molar-refractivity contribution in [3.63, 3.8) is 0 Å². The van der Waals surface area contributed by atoms with E-state index in [9.17, 15) is 14.9 Å². The second kappa shape index (κ2) is 6.01. The van der Waals surface area contributed by atoms with Crippen LogP contribution in [0.25, 0.3) is 0 Å². The predicted octanol–water partition coefficient (Wildman–Crippen LogP) is 1.11. The molecule has 0 saturated carbocycles. The van der Waals surface area contributed by atoms with Gasteiger partial charge in [0.25, 0.3) is 11.6 Å². The van der Waals surface area contributed by atoms with E-state index in [0.717, 1.165) is 6.07 Å². The number of rotatable bonds is 5. The molecule has 0 aliphatic rings. The lowest BCUT2D eigenvalue weighted by molar-refractivity contribution is -0.384. The summed E-state index contributed by atoms with van der Waals surface area (Å²) in [5.41, 5.74) is 2.46. The molecule has 9 nitrogen and oxygen atoms in total. The second-order valence-electron chi connectivity index (χ2n) is 4.18. The molecule has 4 N–H and O–H groups in total. The lowest BCUT2D eigenvalue weighted by atomic mass is 10.1. The quantitative estimate of drug-likeness (QED) is 0.426. The number of benzene rings is 1. The molecule has 0 spiro atoms. The Morgan fingerprint density at radius 2 is 2.29 bits per heavy atom. The lowest BCUT2D eigenvalue weighted by Gasteiger charge is -2.08. The molecule has 2 rings (SSSR count). The van der Waals surface area contributed by atoms with Gasteiger partial charge >= 0.3 is 0 Å². The van der Waals surface area contributed by atoms with Crippen molar-refractivity contribution in [1.29, 1.82) is 0 Å². The van der Waals surface area contributed by atoms with Crippen LogP contribution in [0, 0.1) is 17.0 Å². The number of non-ortho nitro benzene ring substituents is 1. The molecule has 0 bridgehead atoms. The van der Waals surface area contributed by atoms with Gasteiger partial charge in [0, 0.05) is 12.1 Å². The summed E-state index contributed by atoms with van der Waals surface area (Å²) >= 11 is 0. The molecule has 0 aliphatic carbocycles. The first-order valence-corrected chi connectivity index (χ1v) is 5.96. The zero-order valence-electron chi connectivity index (χ0n) is 11.1. The number of hydrazine groups is 1. The van der Waals surface area contributed by atoms with Gasteiger partial charge in [-0.15, -0.1) is 0 Å². The van der Waals surface area contributed by atoms with Crippen molar-refractivity contribution in [3.8, 4) is 0 Å². The number of nitro benzene ring substituents is 1. The minimum absolute atomic E-state index is 0.0648. The number of nitrogen functional groups attached to an aromatic ring is 1. The predicted molar refractivity (Wildman–Crippen MR) is 73.3 cm³/mol. The fourth-order valence-electron chi connectivity index (χ4n) is 1.69. The normalized spacial score (nSPS) is 10.2. The van der Waals surface area contributed by atoms with Gasteiger partial charge in [-0.1, -0.05) is 0 Å². The highest BCUT2D eigenvalue weighted by Gasteiger charge is 2.16. The fourth-order valence-corrected chi connectivity index (χ4v) is 1.69. The van der Waals surface area contributed by atoms with E-state index in [2.05, 4.69) is 15.7 Å². The van der Waals surface area contributed by atoms with Gasteiger partial charge in [-0.2, -0.15) is 0 Å². The molecule has 110 valence electrons. The molecule has 2 aromatic rings. The zero-order valence-corrected chi connectivity index (χ0v) is 11.1. The number of anilines is 1. The van der Waals surface area contributed by atoms with Crippen molar-refractivity contribution in [2.75, 3.05) is 5.43 Å². The maximum absolute atomic E-state index is 12.1. The Balaban J connectivity index is 2.17. The number of aromatic nitrogens is 1. The number of oxazole rings is 1. The number of aryl methyl sites for hydroxylation is 1. The number of hydrogen-bond donors (Lipinski definition) is 3. The van der Waals surface area contributed by atoms with Crippen molar-refractivity contribution in [3.05, 3.63) is 51.7 Å². The van der Waals surface area contributed by atoms with Crippen molar-refractivity contribution in [1.82, 2.24) is 10.3 Å². The molecule has 9 heteroatoms. The highest BCUT2D eigenvalue weighted by Crippen LogP contribution is 2.21. The van der Waals surface area contributed by atoms with Crippen LogP contribution in [0.1, 0.15) is 22.0 Å². The van der Waals surface area contributed by atoms with Crippen LogP contribution in [0.2, 0.25) is 0 Å². The lowest BCUT2D eigenvalue weighted by Crippen LogP contribution is -2.25. The van der Waals surface area contributed by atoms with Gasteiger partial charge in [0.1, 0.15) is 5.76 Å². The van der Waals surface area contributed by atoms with Crippen molar-refractivity contribution in [2.24, 2.45) is 5.84 Å². The van der Waals surface area contributed by atoms with Gasteiger partial charge in [0.15, 0.2) is 0 Å². The topological polar surface area (TPSA) is 136 Å². The molecule has 1 heterocycles. The van der Waals surface area contributed by atoms with Crippen molar-refractivity contribution in [2.45, 2.75) is 13.5 Å². The minimum atomic E-state index is -0.589. The summed E-state index contributed by atoms with van der Waals surface area (Å²) in [6.45, 7) is 1.80. The van der Waals surface area contributed by atoms with Gasteiger partial charge < -0.3 is 15.2 Å². The number of carbonyl (C=O) groups is 1. The van der Waals surface area contributed by atoms with Crippen LogP contribution in [0.4, 0.5) is 11.4 Å². The highest BCUT2D eigenvalue weighted by molar-refractivity contribution is 6.00. The Kier molecular flexibility index (Phi) is 4.14. The maximum atomic E-state index is 12.1. The maximum Gasteiger partial charge on any atom is 0.270 e. The van der Waals surface area contributed by atoms with Gasteiger partial charge in [0.2, 0.25) is 5.89 Å². The van der Waals surface area contributed by atoms with Gasteiger partial charge in [-0.05, 0) is 13.0 Å². The molecule has 0 fully saturated rings. The van der Waals surface area contributed by atoms with Crippen LogP contribution in [0.15, 0.2) is 28.8 Å². The highest BCUT2D eigenvalue weighted by atomic mass is 16.6. The Hall–Kier alpha value is -2.94. The molecule has 0 radical (unpaired) electrons. The van der Waals surface area contributed by atoms with E-state index in [0.29, 0.717) is 11.7 Å². The van der Waals surface area contributed by atoms with Crippen LogP contribution in [-0.4, -0.2) is 15.8 Å². The Morgan fingerprint density at radius 1 is 1.52 bits per heavy atom. The Labute approximate surface area is 119 Å². The average Bonchev–Trinajstić information content (AvgIpc) is 2.89. The third-order valence-corrected chi connectivity index (χ3v) is 2.68. The minimum Gasteiger partial charge on any atom is -0.444 e. The van der Waals surface area contributed by atoms with E-state index < -0.39 is 10.8 Å².